The summed E-state index contributed by atoms with van der Waals surface area (Å²) in [7, 11) is 0. The van der Waals surface area contributed by atoms with E-state index in [1.165, 1.54) is 16.8 Å². The van der Waals surface area contributed by atoms with Gasteiger partial charge in [-0.1, -0.05) is 29.8 Å². The van der Waals surface area contributed by atoms with Gasteiger partial charge in [0.15, 0.2) is 5.11 Å². The molecule has 1 atom stereocenters. The number of thiocarbonyl (C=S) groups is 1. The minimum atomic E-state index is 0.143. The van der Waals surface area contributed by atoms with Crippen molar-refractivity contribution < 1.29 is 4.74 Å². The molecule has 0 aliphatic carbocycles. The van der Waals surface area contributed by atoms with Gasteiger partial charge in [-0.2, -0.15) is 0 Å². The molecule has 1 unspecified atom stereocenters. The SMILES string of the molecule is Cc1ccc(NC(=S)NC(C)c2ccc(N3CCOCC3)cc2)cc1. The summed E-state index contributed by atoms with van der Waals surface area (Å²) < 4.78 is 5.41. The van der Waals surface area contributed by atoms with Gasteiger partial charge in [0.05, 0.1) is 19.3 Å². The van der Waals surface area contributed by atoms with Crippen molar-refractivity contribution in [2.75, 3.05) is 36.5 Å². The van der Waals surface area contributed by atoms with E-state index < -0.39 is 0 Å². The van der Waals surface area contributed by atoms with Crippen molar-refractivity contribution in [2.45, 2.75) is 19.9 Å². The number of rotatable bonds is 4. The minimum absolute atomic E-state index is 0.143. The van der Waals surface area contributed by atoms with Gasteiger partial charge in [0, 0.05) is 24.5 Å². The van der Waals surface area contributed by atoms with E-state index >= 15 is 0 Å². The molecule has 0 amide bonds. The monoisotopic (exact) mass is 355 g/mol. The zero-order chi connectivity index (χ0) is 17.6. The number of ether oxygens (including phenoxy) is 1. The van der Waals surface area contributed by atoms with Crippen molar-refractivity contribution >= 4 is 28.7 Å². The van der Waals surface area contributed by atoms with Gasteiger partial charge < -0.3 is 20.3 Å². The summed E-state index contributed by atoms with van der Waals surface area (Å²) >= 11 is 5.43. The average molecular weight is 356 g/mol. The molecule has 1 heterocycles. The van der Waals surface area contributed by atoms with Crippen LogP contribution < -0.4 is 15.5 Å². The van der Waals surface area contributed by atoms with E-state index in [0.717, 1.165) is 32.0 Å². The van der Waals surface area contributed by atoms with Crippen LogP contribution in [0.4, 0.5) is 11.4 Å². The van der Waals surface area contributed by atoms with Crippen LogP contribution in [0.5, 0.6) is 0 Å². The number of hydrogen-bond donors (Lipinski definition) is 2. The molecule has 0 saturated carbocycles. The van der Waals surface area contributed by atoms with E-state index in [4.69, 9.17) is 17.0 Å². The maximum Gasteiger partial charge on any atom is 0.171 e. The number of aryl methyl sites for hydroxylation is 1. The lowest BCUT2D eigenvalue weighted by molar-refractivity contribution is 0.122. The molecule has 2 aromatic rings. The first-order valence-corrected chi connectivity index (χ1v) is 9.09. The minimum Gasteiger partial charge on any atom is -0.378 e. The first-order valence-electron chi connectivity index (χ1n) is 8.68. The molecule has 3 rings (SSSR count). The van der Waals surface area contributed by atoms with Crippen molar-refractivity contribution in [1.82, 2.24) is 5.32 Å². The van der Waals surface area contributed by atoms with Crippen LogP contribution in [-0.4, -0.2) is 31.4 Å². The molecule has 1 saturated heterocycles. The lowest BCUT2D eigenvalue weighted by Crippen LogP contribution is -2.36. The summed E-state index contributed by atoms with van der Waals surface area (Å²) in [4.78, 5) is 2.36. The smallest absolute Gasteiger partial charge is 0.171 e. The Balaban J connectivity index is 1.55. The first kappa shape index (κ1) is 17.7. The molecule has 5 heteroatoms. The standard InChI is InChI=1S/C20H25N3OS/c1-15-3-7-18(8-4-15)22-20(25)21-16(2)17-5-9-19(10-6-17)23-11-13-24-14-12-23/h3-10,16H,11-14H2,1-2H3,(H2,21,22,25). The Morgan fingerprint density at radius 1 is 1.04 bits per heavy atom. The quantitative estimate of drug-likeness (QED) is 0.814. The maximum absolute atomic E-state index is 5.43. The largest absolute Gasteiger partial charge is 0.378 e. The van der Waals surface area contributed by atoms with Crippen molar-refractivity contribution in [3.05, 3.63) is 59.7 Å². The van der Waals surface area contributed by atoms with Gasteiger partial charge in [-0.25, -0.2) is 0 Å². The van der Waals surface area contributed by atoms with Crippen LogP contribution in [0.3, 0.4) is 0 Å². The van der Waals surface area contributed by atoms with Crippen molar-refractivity contribution in [3.63, 3.8) is 0 Å². The van der Waals surface area contributed by atoms with Crippen molar-refractivity contribution in [2.24, 2.45) is 0 Å². The molecule has 1 aliphatic heterocycles. The Kier molecular flexibility index (Phi) is 5.89. The Hall–Kier alpha value is -2.11. The topological polar surface area (TPSA) is 36.5 Å². The predicted octanol–water partition coefficient (Wildman–Crippen LogP) is 3.88. The fraction of sp³-hybridized carbons (Fsp3) is 0.350. The molecular weight excluding hydrogens is 330 g/mol. The molecule has 0 bridgehead atoms. The molecule has 4 nitrogen and oxygen atoms in total. The van der Waals surface area contributed by atoms with Crippen LogP contribution in [0.2, 0.25) is 0 Å². The fourth-order valence-corrected chi connectivity index (χ4v) is 3.17. The molecule has 0 spiro atoms. The molecule has 25 heavy (non-hydrogen) atoms. The van der Waals surface area contributed by atoms with Crippen LogP contribution in [0, 0.1) is 6.92 Å². The highest BCUT2D eigenvalue weighted by Gasteiger charge is 2.12. The third-order valence-electron chi connectivity index (χ3n) is 4.43. The van der Waals surface area contributed by atoms with Crippen molar-refractivity contribution in [1.29, 1.82) is 0 Å². The number of anilines is 2. The molecule has 1 aliphatic rings. The van der Waals surface area contributed by atoms with E-state index in [2.05, 4.69) is 65.8 Å². The lowest BCUT2D eigenvalue weighted by atomic mass is 10.1. The van der Waals surface area contributed by atoms with Crippen LogP contribution in [-0.2, 0) is 4.74 Å². The second kappa shape index (κ2) is 8.32. The zero-order valence-corrected chi connectivity index (χ0v) is 15.6. The second-order valence-electron chi connectivity index (χ2n) is 6.38. The van der Waals surface area contributed by atoms with E-state index in [1.807, 2.05) is 12.1 Å². The highest BCUT2D eigenvalue weighted by molar-refractivity contribution is 7.80. The Bertz CT molecular complexity index is 694. The number of hydrogen-bond acceptors (Lipinski definition) is 3. The summed E-state index contributed by atoms with van der Waals surface area (Å²) in [5.74, 6) is 0. The van der Waals surface area contributed by atoms with E-state index in [1.54, 1.807) is 0 Å². The average Bonchev–Trinajstić information content (AvgIpc) is 2.64. The predicted molar refractivity (Wildman–Crippen MR) is 108 cm³/mol. The molecule has 0 radical (unpaired) electrons. The van der Waals surface area contributed by atoms with E-state index in [9.17, 15) is 0 Å². The third kappa shape index (κ3) is 4.94. The molecule has 0 aromatic heterocycles. The number of morpholine rings is 1. The highest BCUT2D eigenvalue weighted by atomic mass is 32.1. The van der Waals surface area contributed by atoms with Crippen LogP contribution >= 0.6 is 12.2 Å². The molecule has 2 aromatic carbocycles. The van der Waals surface area contributed by atoms with E-state index in [0.29, 0.717) is 5.11 Å². The molecular formula is C20H25N3OS. The Labute approximate surface area is 155 Å². The Morgan fingerprint density at radius 3 is 2.32 bits per heavy atom. The summed E-state index contributed by atoms with van der Waals surface area (Å²) in [6.45, 7) is 7.71. The molecule has 132 valence electrons. The lowest BCUT2D eigenvalue weighted by Gasteiger charge is -2.29. The van der Waals surface area contributed by atoms with E-state index in [-0.39, 0.29) is 6.04 Å². The first-order chi connectivity index (χ1) is 12.1. The number of nitrogens with one attached hydrogen (secondary N) is 2. The van der Waals surface area contributed by atoms with Crippen molar-refractivity contribution in [3.8, 4) is 0 Å². The summed E-state index contributed by atoms with van der Waals surface area (Å²) in [5.41, 5.74) is 4.70. The number of benzene rings is 2. The number of nitrogens with zero attached hydrogens (tertiary/aromatic N) is 1. The zero-order valence-electron chi connectivity index (χ0n) is 14.8. The van der Waals surface area contributed by atoms with Gasteiger partial charge >= 0.3 is 0 Å². The van der Waals surface area contributed by atoms with Gasteiger partial charge in [0.2, 0.25) is 0 Å². The highest BCUT2D eigenvalue weighted by Crippen LogP contribution is 2.20. The fourth-order valence-electron chi connectivity index (χ4n) is 2.88. The summed E-state index contributed by atoms with van der Waals surface area (Å²) in [6.07, 6.45) is 0. The van der Waals surface area contributed by atoms with Gasteiger partial charge in [-0.05, 0) is 55.9 Å². The molecule has 2 N–H and O–H groups in total. The van der Waals surface area contributed by atoms with Gasteiger partial charge in [0.25, 0.3) is 0 Å². The normalized spacial score (nSPS) is 15.5. The van der Waals surface area contributed by atoms with Gasteiger partial charge in [0.1, 0.15) is 0 Å². The Morgan fingerprint density at radius 2 is 1.68 bits per heavy atom. The third-order valence-corrected chi connectivity index (χ3v) is 4.65. The molecule has 1 fully saturated rings. The van der Waals surface area contributed by atoms with Gasteiger partial charge in [-0.3, -0.25) is 0 Å². The van der Waals surface area contributed by atoms with Crippen LogP contribution in [0.15, 0.2) is 48.5 Å². The van der Waals surface area contributed by atoms with Crippen LogP contribution in [0.25, 0.3) is 0 Å². The maximum atomic E-state index is 5.43. The second-order valence-corrected chi connectivity index (χ2v) is 6.79. The summed E-state index contributed by atoms with van der Waals surface area (Å²) in [5, 5.41) is 7.21. The summed E-state index contributed by atoms with van der Waals surface area (Å²) in [6, 6.07) is 17.0. The van der Waals surface area contributed by atoms with Crippen LogP contribution in [0.1, 0.15) is 24.1 Å². The van der Waals surface area contributed by atoms with Gasteiger partial charge in [-0.15, -0.1) is 0 Å².